The molecule has 0 unspecified atom stereocenters. The third-order valence-electron chi connectivity index (χ3n) is 5.89. The van der Waals surface area contributed by atoms with Gasteiger partial charge in [-0.1, -0.05) is 50.6 Å². The Hall–Kier alpha value is -3.92. The third kappa shape index (κ3) is 5.52. The van der Waals surface area contributed by atoms with Crippen LogP contribution in [0.3, 0.4) is 0 Å². The summed E-state index contributed by atoms with van der Waals surface area (Å²) in [5.74, 6) is 2.25. The van der Waals surface area contributed by atoms with Crippen LogP contribution < -0.4 is 10.1 Å². The second-order valence-corrected chi connectivity index (χ2v) is 8.72. The molecule has 7 heteroatoms. The molecule has 0 atom stereocenters. The maximum atomic E-state index is 12.4. The van der Waals surface area contributed by atoms with Crippen LogP contribution in [-0.2, 0) is 17.8 Å². The van der Waals surface area contributed by atoms with E-state index in [4.69, 9.17) is 4.74 Å². The number of ether oxygens (including phenoxy) is 1. The van der Waals surface area contributed by atoms with Gasteiger partial charge in [-0.05, 0) is 54.2 Å². The van der Waals surface area contributed by atoms with Gasteiger partial charge >= 0.3 is 0 Å². The number of benzene rings is 2. The number of hydrogen-bond acceptors (Lipinski definition) is 5. The van der Waals surface area contributed by atoms with Crippen molar-refractivity contribution in [1.29, 1.82) is 5.26 Å². The Bertz CT molecular complexity index is 1220. The summed E-state index contributed by atoms with van der Waals surface area (Å²) in [4.78, 5) is 12.4. The number of allylic oxidation sites excluding steroid dienone is 1. The predicted molar refractivity (Wildman–Crippen MR) is 132 cm³/mol. The third-order valence-corrected chi connectivity index (χ3v) is 5.89. The predicted octanol–water partition coefficient (Wildman–Crippen LogP) is 5.21. The van der Waals surface area contributed by atoms with Gasteiger partial charge in [-0.3, -0.25) is 4.79 Å². The van der Waals surface area contributed by atoms with Crippen LogP contribution in [0.4, 0.5) is 5.69 Å². The molecule has 0 radical (unpaired) electrons. The smallest absolute Gasteiger partial charge is 0.262 e. The lowest BCUT2D eigenvalue weighted by atomic mass is 10.0. The van der Waals surface area contributed by atoms with E-state index < -0.39 is 0 Å². The standard InChI is InChI=1S/C27H29N5O2/c1-19(2)23-8-5-6-9-24(23)29-26(33)18-34-22-13-11-20(12-14-22)16-21(17-28)27-31-30-25-10-4-3-7-15-32(25)27/h5-6,8-9,11-14,16,19H,3-4,7,10,15,18H2,1-2H3,(H,29,33). The van der Waals surface area contributed by atoms with Crippen molar-refractivity contribution >= 4 is 23.2 Å². The fraction of sp³-hybridized carbons (Fsp3) is 0.333. The number of carbonyl (C=O) groups excluding carboxylic acids is 1. The molecule has 2 aromatic carbocycles. The molecule has 4 rings (SSSR count). The van der Waals surface area contributed by atoms with E-state index in [2.05, 4.69) is 40.0 Å². The van der Waals surface area contributed by atoms with Crippen molar-refractivity contribution in [2.24, 2.45) is 0 Å². The Morgan fingerprint density at radius 1 is 1.15 bits per heavy atom. The number of rotatable bonds is 7. The van der Waals surface area contributed by atoms with Crippen LogP contribution in [0.2, 0.25) is 0 Å². The summed E-state index contributed by atoms with van der Waals surface area (Å²) in [6, 6.07) is 17.4. The van der Waals surface area contributed by atoms with E-state index in [9.17, 15) is 10.1 Å². The molecule has 2 heterocycles. The van der Waals surface area contributed by atoms with E-state index in [1.54, 1.807) is 12.1 Å². The Balaban J connectivity index is 1.40. The fourth-order valence-electron chi connectivity index (χ4n) is 4.11. The number of aromatic nitrogens is 3. The maximum Gasteiger partial charge on any atom is 0.262 e. The molecule has 1 aromatic heterocycles. The number of aryl methyl sites for hydroxylation is 1. The molecule has 3 aromatic rings. The molecule has 0 saturated carbocycles. The molecule has 7 nitrogen and oxygen atoms in total. The van der Waals surface area contributed by atoms with E-state index in [0.29, 0.717) is 23.1 Å². The van der Waals surface area contributed by atoms with Crippen molar-refractivity contribution in [3.05, 3.63) is 71.3 Å². The van der Waals surface area contributed by atoms with Gasteiger partial charge in [0, 0.05) is 18.7 Å². The zero-order valence-corrected chi connectivity index (χ0v) is 19.6. The summed E-state index contributed by atoms with van der Waals surface area (Å²) in [5, 5.41) is 21.2. The Morgan fingerprint density at radius 3 is 2.71 bits per heavy atom. The molecule has 1 aliphatic heterocycles. The van der Waals surface area contributed by atoms with Crippen LogP contribution in [-0.4, -0.2) is 27.3 Å². The lowest BCUT2D eigenvalue weighted by molar-refractivity contribution is -0.118. The molecule has 174 valence electrons. The number of hydrogen-bond donors (Lipinski definition) is 1. The van der Waals surface area contributed by atoms with E-state index in [-0.39, 0.29) is 12.5 Å². The highest BCUT2D eigenvalue weighted by molar-refractivity contribution is 5.92. The van der Waals surface area contributed by atoms with Gasteiger partial charge in [0.1, 0.15) is 17.6 Å². The summed E-state index contributed by atoms with van der Waals surface area (Å²) in [7, 11) is 0. The van der Waals surface area contributed by atoms with E-state index >= 15 is 0 Å². The van der Waals surface area contributed by atoms with E-state index in [0.717, 1.165) is 54.9 Å². The number of nitrogens with one attached hydrogen (secondary N) is 1. The highest BCUT2D eigenvalue weighted by Crippen LogP contribution is 2.24. The largest absolute Gasteiger partial charge is 0.484 e. The van der Waals surface area contributed by atoms with Crippen molar-refractivity contribution in [2.45, 2.75) is 52.0 Å². The lowest BCUT2D eigenvalue weighted by Crippen LogP contribution is -2.21. The minimum atomic E-state index is -0.212. The summed E-state index contributed by atoms with van der Waals surface area (Å²) in [6.07, 6.45) is 6.04. The molecule has 1 N–H and O–H groups in total. The van der Waals surface area contributed by atoms with Crippen molar-refractivity contribution in [3.63, 3.8) is 0 Å². The van der Waals surface area contributed by atoms with E-state index in [1.807, 2.05) is 42.5 Å². The zero-order valence-electron chi connectivity index (χ0n) is 19.6. The summed E-state index contributed by atoms with van der Waals surface area (Å²) < 4.78 is 7.73. The number of amides is 1. The maximum absolute atomic E-state index is 12.4. The molecule has 0 saturated heterocycles. The first-order valence-electron chi connectivity index (χ1n) is 11.7. The summed E-state index contributed by atoms with van der Waals surface area (Å²) in [5.41, 5.74) is 3.23. The van der Waals surface area contributed by atoms with Crippen molar-refractivity contribution < 1.29 is 9.53 Å². The van der Waals surface area contributed by atoms with Crippen LogP contribution >= 0.6 is 0 Å². The number of nitrogens with zero attached hydrogens (tertiary/aromatic N) is 4. The normalized spacial score (nSPS) is 13.6. The molecule has 34 heavy (non-hydrogen) atoms. The Labute approximate surface area is 200 Å². The molecule has 0 aliphatic carbocycles. The first-order chi connectivity index (χ1) is 16.5. The van der Waals surface area contributed by atoms with Crippen LogP contribution in [0.25, 0.3) is 11.6 Å². The van der Waals surface area contributed by atoms with Crippen LogP contribution in [0, 0.1) is 11.3 Å². The van der Waals surface area contributed by atoms with Gasteiger partial charge in [-0.25, -0.2) is 0 Å². The highest BCUT2D eigenvalue weighted by Gasteiger charge is 2.17. The number of anilines is 1. The molecule has 1 amide bonds. The second kappa shape index (κ2) is 10.8. The van der Waals surface area contributed by atoms with Gasteiger partial charge in [0.15, 0.2) is 12.4 Å². The molecule has 0 bridgehead atoms. The summed E-state index contributed by atoms with van der Waals surface area (Å²) >= 11 is 0. The molecule has 0 fully saturated rings. The first kappa shape index (κ1) is 23.2. The quantitative estimate of drug-likeness (QED) is 0.494. The molecular weight excluding hydrogens is 426 g/mol. The SMILES string of the molecule is CC(C)c1ccccc1NC(=O)COc1ccc(C=C(C#N)c2nnc3n2CCCCC3)cc1. The number of fused-ring (bicyclic) bond motifs is 1. The minimum Gasteiger partial charge on any atom is -0.484 e. The van der Waals surface area contributed by atoms with Gasteiger partial charge in [0.2, 0.25) is 0 Å². The lowest BCUT2D eigenvalue weighted by Gasteiger charge is -2.14. The fourth-order valence-corrected chi connectivity index (χ4v) is 4.11. The van der Waals surface area contributed by atoms with Gasteiger partial charge in [-0.15, -0.1) is 10.2 Å². The molecule has 1 aliphatic rings. The van der Waals surface area contributed by atoms with Gasteiger partial charge in [0.25, 0.3) is 5.91 Å². The molecule has 0 spiro atoms. The van der Waals surface area contributed by atoms with Crippen LogP contribution in [0.1, 0.15) is 61.8 Å². The average molecular weight is 456 g/mol. The highest BCUT2D eigenvalue weighted by atomic mass is 16.5. The topological polar surface area (TPSA) is 92.8 Å². The Morgan fingerprint density at radius 2 is 1.94 bits per heavy atom. The molecular formula is C27H29N5O2. The van der Waals surface area contributed by atoms with Crippen molar-refractivity contribution in [2.75, 3.05) is 11.9 Å². The van der Waals surface area contributed by atoms with Gasteiger partial charge in [-0.2, -0.15) is 5.26 Å². The van der Waals surface area contributed by atoms with Gasteiger partial charge < -0.3 is 14.6 Å². The Kier molecular flexibility index (Phi) is 7.38. The zero-order chi connectivity index (χ0) is 23.9. The van der Waals surface area contributed by atoms with Gasteiger partial charge in [0.05, 0.1) is 5.57 Å². The second-order valence-electron chi connectivity index (χ2n) is 8.72. The van der Waals surface area contributed by atoms with Crippen LogP contribution in [0.15, 0.2) is 48.5 Å². The summed E-state index contributed by atoms with van der Waals surface area (Å²) in [6.45, 7) is 4.94. The van der Waals surface area contributed by atoms with Crippen LogP contribution in [0.5, 0.6) is 5.75 Å². The van der Waals surface area contributed by atoms with E-state index in [1.165, 1.54) is 0 Å². The average Bonchev–Trinajstić information content (AvgIpc) is 3.09. The number of nitriles is 1. The first-order valence-corrected chi connectivity index (χ1v) is 11.7. The minimum absolute atomic E-state index is 0.0864. The van der Waals surface area contributed by atoms with Crippen molar-refractivity contribution in [1.82, 2.24) is 14.8 Å². The number of carbonyl (C=O) groups is 1. The number of para-hydroxylation sites is 1. The monoisotopic (exact) mass is 455 g/mol. The van der Waals surface area contributed by atoms with Crippen molar-refractivity contribution in [3.8, 4) is 11.8 Å².